The van der Waals surface area contributed by atoms with E-state index in [-0.39, 0.29) is 17.2 Å². The quantitative estimate of drug-likeness (QED) is 0.533. The van der Waals surface area contributed by atoms with Gasteiger partial charge in [0.2, 0.25) is 0 Å². The molecule has 0 unspecified atom stereocenters. The lowest BCUT2D eigenvalue weighted by Crippen LogP contribution is -2.06. The standard InChI is InChI=1S/C18H12ClN9/c1-10(26-18-12(7-20)17(21)24-9-25-18)11-6-15-23-8-14(19)28(15)27-16(11)13-4-2-3-5-22-13/h2-6,8-9H,1H3,(H2,21,24,25)/b26-10+. The van der Waals surface area contributed by atoms with Crippen LogP contribution in [0.4, 0.5) is 11.6 Å². The van der Waals surface area contributed by atoms with Crippen molar-refractivity contribution in [2.24, 2.45) is 4.99 Å². The number of nitrogen functional groups attached to an aromatic ring is 1. The number of hydrogen-bond acceptors (Lipinski definition) is 8. The second-order valence-corrected chi connectivity index (χ2v) is 6.13. The predicted molar refractivity (Wildman–Crippen MR) is 104 cm³/mol. The molecule has 10 heteroatoms. The van der Waals surface area contributed by atoms with Crippen molar-refractivity contribution in [3.63, 3.8) is 0 Å². The van der Waals surface area contributed by atoms with Gasteiger partial charge in [-0.2, -0.15) is 10.4 Å². The number of fused-ring (bicyclic) bond motifs is 1. The average molecular weight is 390 g/mol. The third kappa shape index (κ3) is 3.02. The number of rotatable bonds is 3. The van der Waals surface area contributed by atoms with Gasteiger partial charge in [-0.3, -0.25) is 4.98 Å². The van der Waals surface area contributed by atoms with E-state index in [9.17, 15) is 5.26 Å². The van der Waals surface area contributed by atoms with E-state index in [0.717, 1.165) is 0 Å². The molecular weight excluding hydrogens is 378 g/mol. The Morgan fingerprint density at radius 2 is 2.11 bits per heavy atom. The molecule has 4 rings (SSSR count). The first kappa shape index (κ1) is 17.5. The minimum absolute atomic E-state index is 0.0719. The molecule has 0 aliphatic rings. The van der Waals surface area contributed by atoms with Crippen molar-refractivity contribution in [3.8, 4) is 17.5 Å². The van der Waals surface area contributed by atoms with Gasteiger partial charge < -0.3 is 5.73 Å². The highest BCUT2D eigenvalue weighted by atomic mass is 35.5. The third-order valence-corrected chi connectivity index (χ3v) is 4.25. The van der Waals surface area contributed by atoms with Crippen molar-refractivity contribution in [3.05, 3.63) is 59.3 Å². The van der Waals surface area contributed by atoms with Crippen LogP contribution in [0.25, 0.3) is 17.0 Å². The normalized spacial score (nSPS) is 11.5. The highest BCUT2D eigenvalue weighted by Crippen LogP contribution is 2.25. The Morgan fingerprint density at radius 3 is 2.86 bits per heavy atom. The lowest BCUT2D eigenvalue weighted by molar-refractivity contribution is 0.936. The summed E-state index contributed by atoms with van der Waals surface area (Å²) in [6.45, 7) is 1.78. The summed E-state index contributed by atoms with van der Waals surface area (Å²) in [6.07, 6.45) is 4.45. The highest BCUT2D eigenvalue weighted by Gasteiger charge is 2.16. The Balaban J connectivity index is 1.95. The van der Waals surface area contributed by atoms with Crippen molar-refractivity contribution in [1.29, 1.82) is 5.26 Å². The fraction of sp³-hybridized carbons (Fsp3) is 0.0556. The van der Waals surface area contributed by atoms with E-state index in [0.29, 0.717) is 33.5 Å². The Bertz CT molecular complexity index is 1260. The topological polar surface area (TPSA) is 131 Å². The molecule has 4 heterocycles. The highest BCUT2D eigenvalue weighted by molar-refractivity contribution is 6.29. The molecule has 28 heavy (non-hydrogen) atoms. The number of anilines is 1. The first-order valence-corrected chi connectivity index (χ1v) is 8.48. The molecule has 0 spiro atoms. The Kier molecular flexibility index (Phi) is 4.39. The molecule has 0 aliphatic heterocycles. The zero-order valence-electron chi connectivity index (χ0n) is 14.6. The number of pyridine rings is 1. The molecule has 136 valence electrons. The molecule has 0 atom stereocenters. The van der Waals surface area contributed by atoms with Gasteiger partial charge in [0.25, 0.3) is 0 Å². The van der Waals surface area contributed by atoms with Gasteiger partial charge in [-0.15, -0.1) is 0 Å². The van der Waals surface area contributed by atoms with Gasteiger partial charge in [0.15, 0.2) is 16.6 Å². The lowest BCUT2D eigenvalue weighted by atomic mass is 10.1. The summed E-state index contributed by atoms with van der Waals surface area (Å²) < 4.78 is 1.52. The van der Waals surface area contributed by atoms with Crippen LogP contribution in [-0.4, -0.2) is 35.3 Å². The zero-order chi connectivity index (χ0) is 19.7. The van der Waals surface area contributed by atoms with Crippen molar-refractivity contribution < 1.29 is 0 Å². The number of aromatic nitrogens is 6. The van der Waals surface area contributed by atoms with E-state index in [4.69, 9.17) is 17.3 Å². The summed E-state index contributed by atoms with van der Waals surface area (Å²) in [6, 6.07) is 9.29. The summed E-state index contributed by atoms with van der Waals surface area (Å²) in [7, 11) is 0. The van der Waals surface area contributed by atoms with Gasteiger partial charge in [0.1, 0.15) is 29.5 Å². The maximum atomic E-state index is 9.33. The molecule has 4 aromatic heterocycles. The van der Waals surface area contributed by atoms with Crippen LogP contribution in [0.3, 0.4) is 0 Å². The molecule has 4 aromatic rings. The van der Waals surface area contributed by atoms with Crippen LogP contribution < -0.4 is 5.73 Å². The predicted octanol–water partition coefficient (Wildman–Crippen LogP) is 2.83. The average Bonchev–Trinajstić information content (AvgIpc) is 3.08. The Hall–Kier alpha value is -3.90. The second-order valence-electron chi connectivity index (χ2n) is 5.74. The summed E-state index contributed by atoms with van der Waals surface area (Å²) in [5, 5.41) is 14.3. The minimum Gasteiger partial charge on any atom is -0.382 e. The van der Waals surface area contributed by atoms with Crippen molar-refractivity contribution in [1.82, 2.24) is 29.5 Å². The number of nitrogens with two attached hydrogens (primary N) is 1. The summed E-state index contributed by atoms with van der Waals surface area (Å²) in [5.41, 5.74) is 8.85. The van der Waals surface area contributed by atoms with Crippen LogP contribution in [0.2, 0.25) is 5.15 Å². The molecular formula is C18H12ClN9. The largest absolute Gasteiger partial charge is 0.382 e. The number of nitrogens with zero attached hydrogens (tertiary/aromatic N) is 8. The van der Waals surface area contributed by atoms with Crippen molar-refractivity contribution in [2.75, 3.05) is 5.73 Å². The summed E-state index contributed by atoms with van der Waals surface area (Å²) >= 11 is 6.17. The van der Waals surface area contributed by atoms with Crippen LogP contribution in [0.1, 0.15) is 18.1 Å². The van der Waals surface area contributed by atoms with Gasteiger partial charge >= 0.3 is 0 Å². The van der Waals surface area contributed by atoms with Crippen molar-refractivity contribution >= 4 is 34.6 Å². The molecule has 0 bridgehead atoms. The van der Waals surface area contributed by atoms with E-state index in [1.165, 1.54) is 17.0 Å². The molecule has 0 fully saturated rings. The number of hydrogen-bond donors (Lipinski definition) is 1. The van der Waals surface area contributed by atoms with Crippen LogP contribution >= 0.6 is 11.6 Å². The first-order valence-electron chi connectivity index (χ1n) is 8.10. The summed E-state index contributed by atoms with van der Waals surface area (Å²) in [4.78, 5) is 21.0. The van der Waals surface area contributed by atoms with Gasteiger partial charge in [-0.1, -0.05) is 17.7 Å². The van der Waals surface area contributed by atoms with Gasteiger partial charge in [0, 0.05) is 17.5 Å². The molecule has 0 amide bonds. The fourth-order valence-corrected chi connectivity index (χ4v) is 2.83. The number of imidazole rings is 1. The van der Waals surface area contributed by atoms with E-state index >= 15 is 0 Å². The van der Waals surface area contributed by atoms with Crippen LogP contribution in [0.5, 0.6) is 0 Å². The molecule has 0 saturated heterocycles. The van der Waals surface area contributed by atoms with Crippen LogP contribution in [0, 0.1) is 11.3 Å². The maximum Gasteiger partial charge on any atom is 0.175 e. The lowest BCUT2D eigenvalue weighted by Gasteiger charge is -2.09. The van der Waals surface area contributed by atoms with E-state index < -0.39 is 0 Å². The number of nitriles is 1. The zero-order valence-corrected chi connectivity index (χ0v) is 15.3. The van der Waals surface area contributed by atoms with E-state index in [2.05, 4.69) is 30.0 Å². The fourth-order valence-electron chi connectivity index (χ4n) is 2.66. The van der Waals surface area contributed by atoms with E-state index in [1.807, 2.05) is 24.3 Å². The molecule has 9 nitrogen and oxygen atoms in total. The molecule has 0 aromatic carbocycles. The van der Waals surface area contributed by atoms with Gasteiger partial charge in [-0.05, 0) is 25.1 Å². The molecule has 0 aliphatic carbocycles. The Morgan fingerprint density at radius 1 is 1.25 bits per heavy atom. The van der Waals surface area contributed by atoms with Gasteiger partial charge in [0.05, 0.1) is 11.9 Å². The smallest absolute Gasteiger partial charge is 0.175 e. The maximum absolute atomic E-state index is 9.33. The first-order chi connectivity index (χ1) is 13.6. The van der Waals surface area contributed by atoms with Crippen LogP contribution in [0.15, 0.2) is 48.0 Å². The number of aliphatic imine (C=N–C) groups is 1. The molecule has 0 radical (unpaired) electrons. The van der Waals surface area contributed by atoms with Gasteiger partial charge in [-0.25, -0.2) is 24.5 Å². The SMILES string of the molecule is C/C(=N\c1ncnc(N)c1C#N)c1cc2ncc(Cl)n2nc1-c1ccccn1. The molecule has 2 N–H and O–H groups in total. The summed E-state index contributed by atoms with van der Waals surface area (Å²) in [5.74, 6) is 0.253. The van der Waals surface area contributed by atoms with Crippen molar-refractivity contribution in [2.45, 2.75) is 6.92 Å². The van der Waals surface area contributed by atoms with E-state index in [1.54, 1.807) is 19.2 Å². The minimum atomic E-state index is 0.0719. The number of halogens is 1. The molecule has 0 saturated carbocycles. The Labute approximate surface area is 164 Å². The second kappa shape index (κ2) is 7.02. The monoisotopic (exact) mass is 389 g/mol. The third-order valence-electron chi connectivity index (χ3n) is 3.99. The van der Waals surface area contributed by atoms with Crippen LogP contribution in [-0.2, 0) is 0 Å².